The Labute approximate surface area is 145 Å². The molecule has 3 nitrogen and oxygen atoms in total. The summed E-state index contributed by atoms with van der Waals surface area (Å²) in [6.07, 6.45) is 17.5. The van der Waals surface area contributed by atoms with Crippen LogP contribution in [-0.2, 0) is 4.79 Å². The van der Waals surface area contributed by atoms with Crippen LogP contribution in [-0.4, -0.2) is 36.6 Å². The van der Waals surface area contributed by atoms with E-state index in [1.165, 1.54) is 108 Å². The summed E-state index contributed by atoms with van der Waals surface area (Å²) < 4.78 is 1.48. The van der Waals surface area contributed by atoms with Gasteiger partial charge in [0, 0.05) is 5.97 Å². The highest BCUT2D eigenvalue weighted by Crippen LogP contribution is 2.21. The van der Waals surface area contributed by atoms with Gasteiger partial charge in [0.05, 0.1) is 26.2 Å². The van der Waals surface area contributed by atoms with Crippen molar-refractivity contribution in [2.45, 2.75) is 97.8 Å². The van der Waals surface area contributed by atoms with E-state index in [9.17, 15) is 0 Å². The maximum Gasteiger partial charge on any atom is 0.0786 e. The summed E-state index contributed by atoms with van der Waals surface area (Å²) in [7, 11) is 0. The number of rotatable bonds is 11. The predicted octanol–water partition coefficient (Wildman–Crippen LogP) is 4.29. The summed E-state index contributed by atoms with van der Waals surface area (Å²) in [5, 5.41) is 8.89. The normalized spacial score (nSPS) is 16.5. The number of unbranched alkanes of at least 4 members (excludes halogenated alkanes) is 7. The summed E-state index contributed by atoms with van der Waals surface area (Å²) in [6, 6.07) is 0. The summed E-state index contributed by atoms with van der Waals surface area (Å²) in [5.74, 6) is -1.08. The van der Waals surface area contributed by atoms with Gasteiger partial charge in [0.25, 0.3) is 0 Å². The van der Waals surface area contributed by atoms with Gasteiger partial charge in [-0.05, 0) is 45.4 Å². The van der Waals surface area contributed by atoms with Crippen LogP contribution in [0.25, 0.3) is 0 Å². The first-order chi connectivity index (χ1) is 11.1. The van der Waals surface area contributed by atoms with Crippen molar-refractivity contribution in [3.05, 3.63) is 0 Å². The molecule has 0 bridgehead atoms. The molecule has 0 atom stereocenters. The van der Waals surface area contributed by atoms with Crippen LogP contribution >= 0.6 is 0 Å². The van der Waals surface area contributed by atoms with Gasteiger partial charge in [-0.2, -0.15) is 0 Å². The molecule has 0 radical (unpaired) electrons. The van der Waals surface area contributed by atoms with Gasteiger partial charge in [-0.15, -0.1) is 0 Å². The molecule has 0 aromatic carbocycles. The van der Waals surface area contributed by atoms with Gasteiger partial charge in [0.2, 0.25) is 0 Å². The lowest BCUT2D eigenvalue weighted by molar-refractivity contribution is -0.932. The van der Waals surface area contributed by atoms with E-state index >= 15 is 0 Å². The molecule has 138 valence electrons. The summed E-state index contributed by atoms with van der Waals surface area (Å²) in [6.45, 7) is 11.5. The fraction of sp³-hybridized carbons (Fsp3) is 0.950. The SMILES string of the molecule is CC(=O)[O-].CCCCCCCCC[N+]1(CCCC)CCCCC1. The Morgan fingerprint density at radius 1 is 0.783 bits per heavy atom. The average molecular weight is 328 g/mol. The molecular formula is C20H41NO2. The first-order valence-electron chi connectivity index (χ1n) is 10.1. The van der Waals surface area contributed by atoms with E-state index in [0.717, 1.165) is 6.92 Å². The van der Waals surface area contributed by atoms with Gasteiger partial charge >= 0.3 is 0 Å². The lowest BCUT2D eigenvalue weighted by atomic mass is 10.0. The number of nitrogens with zero attached hydrogens (tertiary/aromatic N) is 1. The second kappa shape index (κ2) is 15.0. The second-order valence-electron chi connectivity index (χ2n) is 7.26. The van der Waals surface area contributed by atoms with Crippen LogP contribution in [0, 0.1) is 0 Å². The van der Waals surface area contributed by atoms with Gasteiger partial charge in [-0.25, -0.2) is 0 Å². The predicted molar refractivity (Wildman–Crippen MR) is 97.2 cm³/mol. The second-order valence-corrected chi connectivity index (χ2v) is 7.26. The number of carboxylic acids is 1. The van der Waals surface area contributed by atoms with Crippen molar-refractivity contribution in [2.75, 3.05) is 26.2 Å². The highest BCUT2D eigenvalue weighted by molar-refractivity contribution is 5.60. The average Bonchev–Trinajstić information content (AvgIpc) is 2.53. The minimum Gasteiger partial charge on any atom is -0.550 e. The number of hydrogen-bond donors (Lipinski definition) is 0. The maximum atomic E-state index is 8.89. The minimum atomic E-state index is -1.08. The Balaban J connectivity index is 0.00000108. The van der Waals surface area contributed by atoms with Crippen LogP contribution < -0.4 is 5.11 Å². The zero-order chi connectivity index (χ0) is 17.4. The molecule has 0 N–H and O–H groups in total. The molecule has 1 saturated heterocycles. The summed E-state index contributed by atoms with van der Waals surface area (Å²) in [4.78, 5) is 8.89. The lowest BCUT2D eigenvalue weighted by Crippen LogP contribution is -2.52. The Hall–Kier alpha value is -0.570. The molecule has 0 aliphatic carbocycles. The third-order valence-corrected chi connectivity index (χ3v) is 4.99. The number of aliphatic carboxylic acids is 1. The molecule has 0 amide bonds. The van der Waals surface area contributed by atoms with Crippen molar-refractivity contribution in [3.8, 4) is 0 Å². The first kappa shape index (κ1) is 22.4. The lowest BCUT2D eigenvalue weighted by Gasteiger charge is -2.42. The zero-order valence-electron chi connectivity index (χ0n) is 16.1. The van der Waals surface area contributed by atoms with Crippen molar-refractivity contribution in [1.29, 1.82) is 0 Å². The van der Waals surface area contributed by atoms with E-state index in [-0.39, 0.29) is 0 Å². The number of carbonyl (C=O) groups excluding carboxylic acids is 1. The largest absolute Gasteiger partial charge is 0.550 e. The topological polar surface area (TPSA) is 40.1 Å². The van der Waals surface area contributed by atoms with E-state index in [1.54, 1.807) is 0 Å². The molecule has 1 aliphatic rings. The Bertz CT molecular complexity index is 269. The fourth-order valence-corrected chi connectivity index (χ4v) is 3.64. The zero-order valence-corrected chi connectivity index (χ0v) is 16.1. The smallest absolute Gasteiger partial charge is 0.0786 e. The van der Waals surface area contributed by atoms with E-state index in [0.29, 0.717) is 0 Å². The number of carbonyl (C=O) groups is 1. The van der Waals surface area contributed by atoms with E-state index < -0.39 is 5.97 Å². The molecule has 0 aromatic rings. The molecule has 23 heavy (non-hydrogen) atoms. The van der Waals surface area contributed by atoms with Gasteiger partial charge in [-0.3, -0.25) is 0 Å². The molecule has 3 heteroatoms. The van der Waals surface area contributed by atoms with Crippen LogP contribution in [0.1, 0.15) is 97.8 Å². The van der Waals surface area contributed by atoms with E-state index in [4.69, 9.17) is 9.90 Å². The van der Waals surface area contributed by atoms with Crippen LogP contribution in [0.5, 0.6) is 0 Å². The molecule has 1 heterocycles. The summed E-state index contributed by atoms with van der Waals surface area (Å²) in [5.41, 5.74) is 0. The van der Waals surface area contributed by atoms with Gasteiger partial charge in [-0.1, -0.05) is 52.4 Å². The molecule has 0 aromatic heterocycles. The molecule has 0 saturated carbocycles. The van der Waals surface area contributed by atoms with Crippen molar-refractivity contribution in [3.63, 3.8) is 0 Å². The maximum absolute atomic E-state index is 8.89. The van der Waals surface area contributed by atoms with Gasteiger partial charge in [0.1, 0.15) is 0 Å². The number of piperidine rings is 1. The summed E-state index contributed by atoms with van der Waals surface area (Å²) >= 11 is 0. The number of quaternary nitrogens is 1. The first-order valence-corrected chi connectivity index (χ1v) is 10.1. The van der Waals surface area contributed by atoms with Crippen molar-refractivity contribution in [1.82, 2.24) is 0 Å². The Morgan fingerprint density at radius 3 is 1.74 bits per heavy atom. The van der Waals surface area contributed by atoms with Crippen LogP contribution in [0.2, 0.25) is 0 Å². The minimum absolute atomic E-state index is 0.972. The van der Waals surface area contributed by atoms with Crippen molar-refractivity contribution < 1.29 is 14.4 Å². The van der Waals surface area contributed by atoms with Gasteiger partial charge < -0.3 is 14.4 Å². The molecule has 0 spiro atoms. The van der Waals surface area contributed by atoms with Crippen LogP contribution in [0.3, 0.4) is 0 Å². The van der Waals surface area contributed by atoms with Gasteiger partial charge in [0.15, 0.2) is 0 Å². The Morgan fingerprint density at radius 2 is 1.22 bits per heavy atom. The number of hydrogen-bond acceptors (Lipinski definition) is 2. The highest BCUT2D eigenvalue weighted by atomic mass is 16.4. The Kier molecular flexibility index (Phi) is 14.6. The monoisotopic (exact) mass is 327 g/mol. The molecule has 1 rings (SSSR count). The quantitative estimate of drug-likeness (QED) is 0.419. The molecule has 1 fully saturated rings. The third kappa shape index (κ3) is 13.6. The standard InChI is InChI=1S/C18H38N.C2H4O2/c1-3-5-7-8-9-10-12-16-19(15-6-4-2)17-13-11-14-18-19;1-2(3)4/h3-18H2,1-2H3;1H3,(H,3,4)/q+1;/p-1. The fourth-order valence-electron chi connectivity index (χ4n) is 3.64. The highest BCUT2D eigenvalue weighted by Gasteiger charge is 2.28. The number of likely N-dealkylation sites (tertiary alicyclic amines) is 1. The third-order valence-electron chi connectivity index (χ3n) is 4.99. The molecule has 1 aliphatic heterocycles. The van der Waals surface area contributed by atoms with Crippen molar-refractivity contribution in [2.24, 2.45) is 0 Å². The molecule has 0 unspecified atom stereocenters. The van der Waals surface area contributed by atoms with Crippen LogP contribution in [0.15, 0.2) is 0 Å². The van der Waals surface area contributed by atoms with E-state index in [1.807, 2.05) is 0 Å². The molecular weight excluding hydrogens is 286 g/mol. The van der Waals surface area contributed by atoms with E-state index in [2.05, 4.69) is 13.8 Å². The van der Waals surface area contributed by atoms with Crippen molar-refractivity contribution >= 4 is 5.97 Å². The number of carboxylic acid groups (broad SMARTS) is 1. The van der Waals surface area contributed by atoms with Crippen LogP contribution in [0.4, 0.5) is 0 Å².